The maximum Gasteiger partial charge on any atom is 0.433 e. The van der Waals surface area contributed by atoms with Crippen LogP contribution in [0, 0.1) is 0 Å². The molecule has 0 radical (unpaired) electrons. The number of nitrogens with zero attached hydrogens (tertiary/aromatic N) is 5. The van der Waals surface area contributed by atoms with Crippen LogP contribution in [0.4, 0.5) is 13.2 Å². The normalized spacial score (nSPS) is 15.0. The average molecular weight is 395 g/mol. The minimum Gasteiger partial charge on any atom is -0.324 e. The quantitative estimate of drug-likeness (QED) is 0.579. The third kappa shape index (κ3) is 3.11. The summed E-state index contributed by atoms with van der Waals surface area (Å²) in [6.45, 7) is 4.98. The van der Waals surface area contributed by atoms with Gasteiger partial charge in [-0.1, -0.05) is 6.92 Å². The summed E-state index contributed by atoms with van der Waals surface area (Å²) in [6.07, 6.45) is -0.986. The van der Waals surface area contributed by atoms with Crippen LogP contribution in [0.15, 0.2) is 17.3 Å². The van der Waals surface area contributed by atoms with E-state index in [-0.39, 0.29) is 5.52 Å². The Kier molecular flexibility index (Phi) is 4.44. The smallest absolute Gasteiger partial charge is 0.324 e. The second kappa shape index (κ2) is 6.54. The molecule has 3 aromatic rings. The summed E-state index contributed by atoms with van der Waals surface area (Å²) in [6, 6.07) is 1.00. The van der Waals surface area contributed by atoms with Crippen LogP contribution in [-0.2, 0) is 19.8 Å². The summed E-state index contributed by atoms with van der Waals surface area (Å²) < 4.78 is 43.0. The van der Waals surface area contributed by atoms with Crippen LogP contribution in [0.25, 0.3) is 22.6 Å². The molecule has 144 valence electrons. The standard InChI is InChI=1S/C18H20F3N5S/c1-4-26-15(10-6-7-10)24-14(17(26)27-5-2)16-23-11-8-13(18(19,20)21)22-9-12(11)25(16)3/h8-10H,4-7H2,1-3H3. The third-order valence-electron chi connectivity index (χ3n) is 4.76. The van der Waals surface area contributed by atoms with Crippen molar-refractivity contribution in [2.24, 2.45) is 7.05 Å². The van der Waals surface area contributed by atoms with Crippen molar-refractivity contribution in [1.82, 2.24) is 24.1 Å². The van der Waals surface area contributed by atoms with E-state index in [1.807, 2.05) is 0 Å². The molecule has 1 saturated carbocycles. The lowest BCUT2D eigenvalue weighted by Gasteiger charge is -2.08. The van der Waals surface area contributed by atoms with Crippen molar-refractivity contribution >= 4 is 22.8 Å². The largest absolute Gasteiger partial charge is 0.433 e. The van der Waals surface area contributed by atoms with Crippen molar-refractivity contribution in [3.63, 3.8) is 0 Å². The number of pyridine rings is 1. The summed E-state index contributed by atoms with van der Waals surface area (Å²) in [5.74, 6) is 3.00. The number of rotatable bonds is 5. The monoisotopic (exact) mass is 395 g/mol. The molecule has 0 amide bonds. The van der Waals surface area contributed by atoms with Gasteiger partial charge in [-0.05, 0) is 31.6 Å². The van der Waals surface area contributed by atoms with Crippen LogP contribution in [0.3, 0.4) is 0 Å². The Morgan fingerprint density at radius 2 is 1.96 bits per heavy atom. The van der Waals surface area contributed by atoms with Crippen molar-refractivity contribution in [3.05, 3.63) is 23.8 Å². The third-order valence-corrected chi connectivity index (χ3v) is 5.74. The van der Waals surface area contributed by atoms with Crippen molar-refractivity contribution in [2.45, 2.75) is 50.4 Å². The number of halogens is 3. The summed E-state index contributed by atoms with van der Waals surface area (Å²) in [7, 11) is 1.79. The highest BCUT2D eigenvalue weighted by atomic mass is 32.2. The molecule has 0 spiro atoms. The van der Waals surface area contributed by atoms with Gasteiger partial charge in [0, 0.05) is 19.5 Å². The molecule has 0 aromatic carbocycles. The molecule has 1 fully saturated rings. The lowest BCUT2D eigenvalue weighted by atomic mass is 10.3. The first-order valence-corrected chi connectivity index (χ1v) is 9.96. The number of thioether (sulfide) groups is 1. The summed E-state index contributed by atoms with van der Waals surface area (Å²) >= 11 is 1.69. The topological polar surface area (TPSA) is 48.5 Å². The van der Waals surface area contributed by atoms with Crippen LogP contribution in [-0.4, -0.2) is 29.8 Å². The highest BCUT2D eigenvalue weighted by molar-refractivity contribution is 7.99. The minimum absolute atomic E-state index is 0.279. The average Bonchev–Trinajstić information content (AvgIpc) is 3.33. The maximum atomic E-state index is 13.0. The van der Waals surface area contributed by atoms with Crippen LogP contribution in [0.2, 0.25) is 0 Å². The van der Waals surface area contributed by atoms with E-state index in [9.17, 15) is 13.2 Å². The number of hydrogen-bond donors (Lipinski definition) is 0. The fourth-order valence-corrected chi connectivity index (χ4v) is 4.22. The van der Waals surface area contributed by atoms with Gasteiger partial charge < -0.3 is 9.13 Å². The van der Waals surface area contributed by atoms with Gasteiger partial charge in [0.15, 0.2) is 5.82 Å². The Morgan fingerprint density at radius 3 is 2.56 bits per heavy atom. The van der Waals surface area contributed by atoms with Crippen LogP contribution in [0.5, 0.6) is 0 Å². The molecule has 5 nitrogen and oxygen atoms in total. The molecule has 3 heterocycles. The van der Waals surface area contributed by atoms with Crippen molar-refractivity contribution in [3.8, 4) is 11.5 Å². The van der Waals surface area contributed by atoms with E-state index in [4.69, 9.17) is 4.98 Å². The number of aromatic nitrogens is 5. The predicted molar refractivity (Wildman–Crippen MR) is 98.8 cm³/mol. The first-order valence-electron chi connectivity index (χ1n) is 8.98. The molecule has 27 heavy (non-hydrogen) atoms. The number of imidazole rings is 2. The molecular weight excluding hydrogens is 375 g/mol. The molecule has 0 saturated heterocycles. The van der Waals surface area contributed by atoms with Gasteiger partial charge in [-0.15, -0.1) is 11.8 Å². The van der Waals surface area contributed by atoms with E-state index in [2.05, 4.69) is 28.4 Å². The summed E-state index contributed by atoms with van der Waals surface area (Å²) in [5, 5.41) is 1.03. The molecular formula is C18H20F3N5S. The molecule has 1 aliphatic rings. The molecule has 4 rings (SSSR count). The van der Waals surface area contributed by atoms with Crippen LogP contribution >= 0.6 is 11.8 Å². The number of fused-ring (bicyclic) bond motifs is 1. The second-order valence-corrected chi connectivity index (χ2v) is 7.88. The van der Waals surface area contributed by atoms with Gasteiger partial charge in [-0.25, -0.2) is 15.0 Å². The molecule has 0 N–H and O–H groups in total. The van der Waals surface area contributed by atoms with Gasteiger partial charge in [0.2, 0.25) is 0 Å². The molecule has 3 aromatic heterocycles. The Bertz CT molecular complexity index is 1000. The van der Waals surface area contributed by atoms with Gasteiger partial charge in [-0.3, -0.25) is 0 Å². The Morgan fingerprint density at radius 1 is 1.22 bits per heavy atom. The zero-order chi connectivity index (χ0) is 19.3. The van der Waals surface area contributed by atoms with E-state index >= 15 is 0 Å². The van der Waals surface area contributed by atoms with E-state index in [0.717, 1.165) is 47.7 Å². The Balaban J connectivity index is 1.90. The summed E-state index contributed by atoms with van der Waals surface area (Å²) in [4.78, 5) is 12.9. The first-order chi connectivity index (χ1) is 12.8. The molecule has 0 bridgehead atoms. The fraction of sp³-hybridized carbons (Fsp3) is 0.500. The lowest BCUT2D eigenvalue weighted by molar-refractivity contribution is -0.141. The van der Waals surface area contributed by atoms with E-state index < -0.39 is 11.9 Å². The van der Waals surface area contributed by atoms with Gasteiger partial charge in [0.25, 0.3) is 0 Å². The van der Waals surface area contributed by atoms with E-state index in [1.165, 1.54) is 6.20 Å². The van der Waals surface area contributed by atoms with Crippen molar-refractivity contribution in [1.29, 1.82) is 0 Å². The van der Waals surface area contributed by atoms with Gasteiger partial charge >= 0.3 is 6.18 Å². The van der Waals surface area contributed by atoms with Gasteiger partial charge in [-0.2, -0.15) is 13.2 Å². The highest BCUT2D eigenvalue weighted by Crippen LogP contribution is 2.43. The minimum atomic E-state index is -4.49. The van der Waals surface area contributed by atoms with E-state index in [1.54, 1.807) is 23.4 Å². The van der Waals surface area contributed by atoms with E-state index in [0.29, 0.717) is 17.3 Å². The summed E-state index contributed by atoms with van der Waals surface area (Å²) in [5.41, 5.74) is 0.657. The molecule has 9 heteroatoms. The molecule has 0 unspecified atom stereocenters. The number of hydrogen-bond acceptors (Lipinski definition) is 4. The number of alkyl halides is 3. The molecule has 1 aliphatic carbocycles. The fourth-order valence-electron chi connectivity index (χ4n) is 3.30. The molecule has 0 atom stereocenters. The van der Waals surface area contributed by atoms with Gasteiger partial charge in [0.05, 0.1) is 17.2 Å². The SMILES string of the molecule is CCSc1c(-c2nc3cc(C(F)(F)F)ncc3n2C)nc(C2CC2)n1CC. The maximum absolute atomic E-state index is 13.0. The Hall–Kier alpha value is -2.03. The lowest BCUT2D eigenvalue weighted by Crippen LogP contribution is -2.07. The highest BCUT2D eigenvalue weighted by Gasteiger charge is 2.34. The molecule has 0 aliphatic heterocycles. The van der Waals surface area contributed by atoms with Crippen molar-refractivity contribution in [2.75, 3.05) is 5.75 Å². The van der Waals surface area contributed by atoms with Crippen LogP contribution < -0.4 is 0 Å². The van der Waals surface area contributed by atoms with Crippen molar-refractivity contribution < 1.29 is 13.2 Å². The first kappa shape index (κ1) is 18.3. The zero-order valence-corrected chi connectivity index (χ0v) is 16.2. The number of aryl methyl sites for hydroxylation is 1. The Labute approximate surface area is 159 Å². The van der Waals surface area contributed by atoms with Crippen LogP contribution in [0.1, 0.15) is 44.1 Å². The second-order valence-electron chi connectivity index (χ2n) is 6.63. The zero-order valence-electron chi connectivity index (χ0n) is 15.3. The predicted octanol–water partition coefficient (Wildman–Crippen LogP) is 4.86. The van der Waals surface area contributed by atoms with Gasteiger partial charge in [0.1, 0.15) is 22.2 Å².